The zero-order valence-corrected chi connectivity index (χ0v) is 18.0. The van der Waals surface area contributed by atoms with E-state index in [1.54, 1.807) is 17.8 Å². The Morgan fingerprint density at radius 3 is 2.47 bits per heavy atom. The van der Waals surface area contributed by atoms with Gasteiger partial charge in [0, 0.05) is 28.3 Å². The first-order chi connectivity index (χ1) is 14.6. The van der Waals surface area contributed by atoms with Crippen LogP contribution < -0.4 is 10.2 Å². The van der Waals surface area contributed by atoms with Crippen LogP contribution in [0.2, 0.25) is 0 Å². The van der Waals surface area contributed by atoms with E-state index in [0.29, 0.717) is 17.7 Å². The minimum absolute atomic E-state index is 0.00190. The fourth-order valence-electron chi connectivity index (χ4n) is 3.74. The van der Waals surface area contributed by atoms with Crippen molar-refractivity contribution in [2.24, 2.45) is 0 Å². The Labute approximate surface area is 181 Å². The van der Waals surface area contributed by atoms with Gasteiger partial charge in [-0.05, 0) is 74.0 Å². The second-order valence-corrected chi connectivity index (χ2v) is 8.27. The van der Waals surface area contributed by atoms with Gasteiger partial charge in [0.15, 0.2) is 0 Å². The monoisotopic (exact) mass is 416 g/mol. The fourth-order valence-corrected chi connectivity index (χ4v) is 4.30. The number of carbonyl (C=O) groups excluding carboxylic acids is 2. The first-order valence-electron chi connectivity index (χ1n) is 10.0. The van der Waals surface area contributed by atoms with Gasteiger partial charge in [0.2, 0.25) is 0 Å². The van der Waals surface area contributed by atoms with Crippen LogP contribution in [0.25, 0.3) is 0 Å². The Balaban J connectivity index is 1.58. The summed E-state index contributed by atoms with van der Waals surface area (Å²) in [6.07, 6.45) is 3.73. The number of rotatable bonds is 4. The van der Waals surface area contributed by atoms with E-state index in [1.165, 1.54) is 0 Å². The number of thioether (sulfide) groups is 1. The van der Waals surface area contributed by atoms with Gasteiger partial charge in [-0.3, -0.25) is 9.59 Å². The third-order valence-corrected chi connectivity index (χ3v) is 6.15. The van der Waals surface area contributed by atoms with Gasteiger partial charge in [0.1, 0.15) is 0 Å². The zero-order valence-electron chi connectivity index (χ0n) is 17.1. The molecule has 0 saturated heterocycles. The summed E-state index contributed by atoms with van der Waals surface area (Å²) in [5.41, 5.74) is 5.16. The van der Waals surface area contributed by atoms with Crippen LogP contribution in [0.4, 0.5) is 11.4 Å². The number of carbonyl (C=O) groups is 2. The standard InChI is InChI=1S/C25H24N2O2S/c1-17-9-11-18(12-10-17)25(29)27-15-5-6-19-16-20(13-14-22(19)27)24(28)26-21-7-3-4-8-23(21)30-2/h3-4,7-14,16H,5-6,15H2,1-2H3,(H,26,28). The van der Waals surface area contributed by atoms with Crippen LogP contribution in [0.3, 0.4) is 0 Å². The maximum Gasteiger partial charge on any atom is 0.258 e. The van der Waals surface area contributed by atoms with Crippen LogP contribution in [-0.4, -0.2) is 24.6 Å². The lowest BCUT2D eigenvalue weighted by molar-refractivity contribution is 0.0984. The van der Waals surface area contributed by atoms with Gasteiger partial charge >= 0.3 is 0 Å². The summed E-state index contributed by atoms with van der Waals surface area (Å²) in [5.74, 6) is -0.136. The van der Waals surface area contributed by atoms with Gasteiger partial charge in [-0.2, -0.15) is 0 Å². The Kier molecular flexibility index (Phi) is 5.91. The number of anilines is 2. The summed E-state index contributed by atoms with van der Waals surface area (Å²) in [6, 6.07) is 21.0. The first kappa shape index (κ1) is 20.2. The minimum Gasteiger partial charge on any atom is -0.321 e. The SMILES string of the molecule is CSc1ccccc1NC(=O)c1ccc2c(c1)CCCN2C(=O)c1ccc(C)cc1. The molecule has 2 amide bonds. The number of hydrogen-bond acceptors (Lipinski definition) is 3. The largest absolute Gasteiger partial charge is 0.321 e. The summed E-state index contributed by atoms with van der Waals surface area (Å²) in [4.78, 5) is 28.7. The van der Waals surface area contributed by atoms with E-state index < -0.39 is 0 Å². The van der Waals surface area contributed by atoms with Crippen molar-refractivity contribution in [3.05, 3.63) is 89.0 Å². The molecule has 0 aliphatic carbocycles. The molecular weight excluding hydrogens is 392 g/mol. The molecule has 0 atom stereocenters. The van der Waals surface area contributed by atoms with E-state index in [0.717, 1.165) is 40.2 Å². The quantitative estimate of drug-likeness (QED) is 0.566. The molecule has 4 nitrogen and oxygen atoms in total. The average molecular weight is 417 g/mol. The molecule has 1 heterocycles. The molecule has 1 N–H and O–H groups in total. The maximum absolute atomic E-state index is 13.0. The maximum atomic E-state index is 13.0. The molecule has 0 unspecified atom stereocenters. The molecule has 0 radical (unpaired) electrons. The minimum atomic E-state index is -0.138. The topological polar surface area (TPSA) is 49.4 Å². The smallest absolute Gasteiger partial charge is 0.258 e. The predicted molar refractivity (Wildman–Crippen MR) is 124 cm³/mol. The van der Waals surface area contributed by atoms with Crippen LogP contribution in [0.1, 0.15) is 38.3 Å². The Morgan fingerprint density at radius 1 is 0.967 bits per heavy atom. The number of nitrogens with zero attached hydrogens (tertiary/aromatic N) is 1. The van der Waals surface area contributed by atoms with E-state index in [1.807, 2.05) is 78.7 Å². The van der Waals surface area contributed by atoms with Crippen LogP contribution >= 0.6 is 11.8 Å². The van der Waals surface area contributed by atoms with Crippen LogP contribution in [0.5, 0.6) is 0 Å². The van der Waals surface area contributed by atoms with E-state index >= 15 is 0 Å². The number of fused-ring (bicyclic) bond motifs is 1. The highest BCUT2D eigenvalue weighted by Crippen LogP contribution is 2.30. The highest BCUT2D eigenvalue weighted by molar-refractivity contribution is 7.98. The summed E-state index contributed by atoms with van der Waals surface area (Å²) in [7, 11) is 0. The van der Waals surface area contributed by atoms with Gasteiger partial charge in [-0.15, -0.1) is 11.8 Å². The average Bonchev–Trinajstić information content (AvgIpc) is 2.78. The van der Waals surface area contributed by atoms with Crippen LogP contribution in [-0.2, 0) is 6.42 Å². The number of hydrogen-bond donors (Lipinski definition) is 1. The van der Waals surface area contributed by atoms with Gasteiger partial charge in [-0.25, -0.2) is 0 Å². The van der Waals surface area contributed by atoms with E-state index in [4.69, 9.17) is 0 Å². The second kappa shape index (κ2) is 8.76. The normalized spacial score (nSPS) is 12.9. The van der Waals surface area contributed by atoms with Gasteiger partial charge < -0.3 is 10.2 Å². The van der Waals surface area contributed by atoms with Crippen molar-refractivity contribution in [3.63, 3.8) is 0 Å². The van der Waals surface area contributed by atoms with Crippen LogP contribution in [0.15, 0.2) is 71.6 Å². The summed E-state index contributed by atoms with van der Waals surface area (Å²) in [5, 5.41) is 3.01. The second-order valence-electron chi connectivity index (χ2n) is 7.42. The van der Waals surface area contributed by atoms with E-state index in [2.05, 4.69) is 5.32 Å². The summed E-state index contributed by atoms with van der Waals surface area (Å²) < 4.78 is 0. The molecule has 0 fully saturated rings. The van der Waals surface area contributed by atoms with Crippen molar-refractivity contribution in [1.82, 2.24) is 0 Å². The summed E-state index contributed by atoms with van der Waals surface area (Å²) in [6.45, 7) is 2.70. The van der Waals surface area contributed by atoms with Crippen molar-refractivity contribution < 1.29 is 9.59 Å². The third kappa shape index (κ3) is 4.12. The Morgan fingerprint density at radius 2 is 1.70 bits per heavy atom. The lowest BCUT2D eigenvalue weighted by Crippen LogP contribution is -2.35. The molecule has 30 heavy (non-hydrogen) atoms. The zero-order chi connectivity index (χ0) is 21.1. The predicted octanol–water partition coefficient (Wildman–Crippen LogP) is 5.56. The van der Waals surface area contributed by atoms with Gasteiger partial charge in [0.05, 0.1) is 5.69 Å². The van der Waals surface area contributed by atoms with Gasteiger partial charge in [-0.1, -0.05) is 29.8 Å². The highest BCUT2D eigenvalue weighted by atomic mass is 32.2. The summed E-state index contributed by atoms with van der Waals surface area (Å²) >= 11 is 1.60. The van der Waals surface area contributed by atoms with Crippen molar-refractivity contribution in [2.45, 2.75) is 24.7 Å². The molecule has 5 heteroatoms. The van der Waals surface area contributed by atoms with E-state index in [-0.39, 0.29) is 11.8 Å². The Bertz CT molecular complexity index is 1090. The third-order valence-electron chi connectivity index (χ3n) is 5.36. The van der Waals surface area contributed by atoms with E-state index in [9.17, 15) is 9.59 Å². The number of nitrogens with one attached hydrogen (secondary N) is 1. The van der Waals surface area contributed by atoms with Crippen molar-refractivity contribution >= 4 is 35.0 Å². The number of aryl methyl sites for hydroxylation is 2. The van der Waals surface area contributed by atoms with Gasteiger partial charge in [0.25, 0.3) is 11.8 Å². The molecule has 152 valence electrons. The van der Waals surface area contributed by atoms with Crippen molar-refractivity contribution in [1.29, 1.82) is 0 Å². The van der Waals surface area contributed by atoms with Crippen LogP contribution in [0, 0.1) is 6.92 Å². The van der Waals surface area contributed by atoms with Crippen molar-refractivity contribution in [2.75, 3.05) is 23.0 Å². The molecule has 0 spiro atoms. The lowest BCUT2D eigenvalue weighted by atomic mass is 9.98. The number of para-hydroxylation sites is 1. The molecule has 3 aromatic carbocycles. The molecule has 0 aromatic heterocycles. The molecule has 3 aromatic rings. The molecule has 4 rings (SSSR count). The lowest BCUT2D eigenvalue weighted by Gasteiger charge is -2.30. The molecule has 1 aliphatic heterocycles. The number of benzene rings is 3. The van der Waals surface area contributed by atoms with Crippen molar-refractivity contribution in [3.8, 4) is 0 Å². The fraction of sp³-hybridized carbons (Fsp3) is 0.200. The molecular formula is C25H24N2O2S. The highest BCUT2D eigenvalue weighted by Gasteiger charge is 2.24. The molecule has 0 bridgehead atoms. The molecule has 0 saturated carbocycles. The molecule has 1 aliphatic rings. The Hall–Kier alpha value is -3.05. The first-order valence-corrected chi connectivity index (χ1v) is 11.2. The number of amides is 2.